The lowest BCUT2D eigenvalue weighted by atomic mass is 9.93. The van der Waals surface area contributed by atoms with E-state index in [1.807, 2.05) is 46.4 Å². The minimum Gasteiger partial charge on any atom is -0.497 e. The molecule has 1 saturated heterocycles. The van der Waals surface area contributed by atoms with E-state index in [0.717, 1.165) is 42.4 Å². The van der Waals surface area contributed by atoms with Crippen LogP contribution in [0.5, 0.6) is 5.75 Å². The maximum Gasteiger partial charge on any atom is 0.255 e. The number of fused-ring (bicyclic) bond motifs is 1. The highest BCUT2D eigenvalue weighted by Crippen LogP contribution is 2.45. The van der Waals surface area contributed by atoms with E-state index in [-0.39, 0.29) is 18.2 Å². The lowest BCUT2D eigenvalue weighted by molar-refractivity contribution is -0.129. The summed E-state index contributed by atoms with van der Waals surface area (Å²) in [5.74, 6) is 0.548. The number of carbonyl (C=O) groups excluding carboxylic acids is 2. The molecule has 2 aromatic rings. The van der Waals surface area contributed by atoms with E-state index in [1.165, 1.54) is 11.8 Å². The highest BCUT2D eigenvalue weighted by molar-refractivity contribution is 8.16. The molecule has 186 valence electrons. The van der Waals surface area contributed by atoms with Crippen molar-refractivity contribution >= 4 is 46.0 Å². The van der Waals surface area contributed by atoms with Crippen LogP contribution in [0.4, 0.5) is 5.69 Å². The molecule has 1 atom stereocenters. The van der Waals surface area contributed by atoms with Crippen LogP contribution in [-0.2, 0) is 9.59 Å². The SMILES string of the molecule is COc1ccc(NC(=O)C2=C(C)N=C3SC=C(CC(=O)N4CCCC4)N3[C@@H]2c2cccc(Cl)c2)cc1. The third-order valence-corrected chi connectivity index (χ3v) is 7.67. The second-order valence-corrected chi connectivity index (χ2v) is 10.2. The van der Waals surface area contributed by atoms with E-state index in [9.17, 15) is 9.59 Å². The molecule has 0 unspecified atom stereocenters. The van der Waals surface area contributed by atoms with Crippen LogP contribution in [0.1, 0.15) is 37.8 Å². The van der Waals surface area contributed by atoms with Crippen molar-refractivity contribution < 1.29 is 14.3 Å². The Kier molecular flexibility index (Phi) is 7.07. The third kappa shape index (κ3) is 4.88. The van der Waals surface area contributed by atoms with Crippen LogP contribution < -0.4 is 10.1 Å². The molecule has 7 nitrogen and oxygen atoms in total. The van der Waals surface area contributed by atoms with Crippen LogP contribution in [0.15, 0.2) is 75.9 Å². The van der Waals surface area contributed by atoms with Gasteiger partial charge in [-0.1, -0.05) is 35.5 Å². The largest absolute Gasteiger partial charge is 0.497 e. The van der Waals surface area contributed by atoms with Crippen LogP contribution >= 0.6 is 23.4 Å². The summed E-state index contributed by atoms with van der Waals surface area (Å²) in [6.07, 6.45) is 2.34. The van der Waals surface area contributed by atoms with Crippen molar-refractivity contribution in [2.24, 2.45) is 4.99 Å². The molecule has 0 saturated carbocycles. The van der Waals surface area contributed by atoms with E-state index in [1.54, 1.807) is 31.4 Å². The molecule has 1 fully saturated rings. The number of anilines is 1. The maximum absolute atomic E-state index is 13.7. The zero-order valence-electron chi connectivity index (χ0n) is 20.2. The Balaban J connectivity index is 1.49. The number of methoxy groups -OCH3 is 1. The van der Waals surface area contributed by atoms with Crippen LogP contribution in [0.2, 0.25) is 5.02 Å². The number of carbonyl (C=O) groups is 2. The standard InChI is InChI=1S/C27H27ClN4O3S/c1-17-24(26(34)30-20-8-10-22(35-2)11-9-20)25(18-6-5-7-19(28)14-18)32-21(16-36-27(32)29-17)15-23(33)31-12-3-4-13-31/h5-11,14,16,25H,3-4,12-13,15H2,1-2H3,(H,30,34)/t25-/m1/s1. The number of amides is 2. The minimum atomic E-state index is -0.470. The highest BCUT2D eigenvalue weighted by Gasteiger charge is 2.41. The Morgan fingerprint density at radius 3 is 2.61 bits per heavy atom. The van der Waals surface area contributed by atoms with E-state index in [2.05, 4.69) is 5.32 Å². The summed E-state index contributed by atoms with van der Waals surface area (Å²) in [7, 11) is 1.60. The number of likely N-dealkylation sites (tertiary alicyclic amines) is 1. The van der Waals surface area contributed by atoms with Gasteiger partial charge in [0.2, 0.25) is 5.91 Å². The van der Waals surface area contributed by atoms with Gasteiger partial charge >= 0.3 is 0 Å². The van der Waals surface area contributed by atoms with Crippen molar-refractivity contribution in [3.05, 3.63) is 81.5 Å². The number of benzene rings is 2. The Labute approximate surface area is 219 Å². The summed E-state index contributed by atoms with van der Waals surface area (Å²) in [6, 6.07) is 14.2. The Morgan fingerprint density at radius 1 is 1.17 bits per heavy atom. The predicted octanol–water partition coefficient (Wildman–Crippen LogP) is 5.57. The minimum absolute atomic E-state index is 0.0981. The van der Waals surface area contributed by atoms with Crippen molar-refractivity contribution in [2.45, 2.75) is 32.2 Å². The smallest absolute Gasteiger partial charge is 0.255 e. The summed E-state index contributed by atoms with van der Waals surface area (Å²) >= 11 is 7.86. The number of nitrogens with one attached hydrogen (secondary N) is 1. The molecular formula is C27H27ClN4O3S. The summed E-state index contributed by atoms with van der Waals surface area (Å²) in [5, 5.41) is 6.31. The second-order valence-electron chi connectivity index (χ2n) is 8.90. The molecule has 9 heteroatoms. The summed E-state index contributed by atoms with van der Waals surface area (Å²) in [5.41, 5.74) is 3.49. The fourth-order valence-corrected chi connectivity index (χ4v) is 5.92. The molecule has 5 rings (SSSR count). The molecule has 3 aliphatic rings. The first-order valence-corrected chi connectivity index (χ1v) is 13.1. The van der Waals surface area contributed by atoms with E-state index >= 15 is 0 Å². The lowest BCUT2D eigenvalue weighted by Crippen LogP contribution is -2.39. The molecule has 0 aliphatic carbocycles. The zero-order chi connectivity index (χ0) is 25.2. The van der Waals surface area contributed by atoms with E-state index in [0.29, 0.717) is 27.7 Å². The summed E-state index contributed by atoms with van der Waals surface area (Å²) in [4.78, 5) is 35.4. The van der Waals surface area contributed by atoms with Gasteiger partial charge in [0, 0.05) is 29.5 Å². The van der Waals surface area contributed by atoms with Crippen molar-refractivity contribution in [2.75, 3.05) is 25.5 Å². The maximum atomic E-state index is 13.7. The topological polar surface area (TPSA) is 74.2 Å². The number of nitrogens with zero attached hydrogens (tertiary/aromatic N) is 3. The Bertz CT molecular complexity index is 1280. The van der Waals surface area contributed by atoms with Gasteiger partial charge in [-0.25, -0.2) is 4.99 Å². The normalized spacial score (nSPS) is 19.1. The average Bonchev–Trinajstić information content (AvgIpc) is 3.54. The van der Waals surface area contributed by atoms with Crippen molar-refractivity contribution in [1.29, 1.82) is 0 Å². The number of allylic oxidation sites excluding steroid dienone is 1. The van der Waals surface area contributed by atoms with Gasteiger partial charge in [-0.15, -0.1) is 0 Å². The third-order valence-electron chi connectivity index (χ3n) is 6.55. The Hall–Kier alpha value is -3.23. The van der Waals surface area contributed by atoms with Crippen molar-refractivity contribution in [1.82, 2.24) is 9.80 Å². The number of amidine groups is 1. The number of aliphatic imine (C=N–C) groups is 1. The number of ether oxygens (including phenoxy) is 1. The molecule has 0 radical (unpaired) electrons. The average molecular weight is 523 g/mol. The van der Waals surface area contributed by atoms with Crippen LogP contribution in [-0.4, -0.2) is 47.0 Å². The molecule has 0 aromatic heterocycles. The number of hydrogen-bond acceptors (Lipinski definition) is 6. The fourth-order valence-electron chi connectivity index (χ4n) is 4.76. The predicted molar refractivity (Wildman–Crippen MR) is 144 cm³/mol. The molecule has 0 spiro atoms. The molecule has 3 heterocycles. The monoisotopic (exact) mass is 522 g/mol. The van der Waals surface area contributed by atoms with Gasteiger partial charge in [0.05, 0.1) is 30.8 Å². The van der Waals surface area contributed by atoms with Crippen molar-refractivity contribution in [3.8, 4) is 5.75 Å². The van der Waals surface area contributed by atoms with Gasteiger partial charge in [-0.05, 0) is 67.1 Å². The van der Waals surface area contributed by atoms with Crippen LogP contribution in [0.3, 0.4) is 0 Å². The molecule has 0 bridgehead atoms. The van der Waals surface area contributed by atoms with E-state index < -0.39 is 6.04 Å². The first kappa shape index (κ1) is 24.5. The van der Waals surface area contributed by atoms with Gasteiger partial charge in [-0.2, -0.15) is 0 Å². The summed E-state index contributed by atoms with van der Waals surface area (Å²) < 4.78 is 5.22. The van der Waals surface area contributed by atoms with Gasteiger partial charge < -0.3 is 19.9 Å². The zero-order valence-corrected chi connectivity index (χ0v) is 21.7. The first-order valence-electron chi connectivity index (χ1n) is 11.9. The van der Waals surface area contributed by atoms with Gasteiger partial charge in [0.1, 0.15) is 5.75 Å². The second kappa shape index (κ2) is 10.4. The molecule has 1 N–H and O–H groups in total. The van der Waals surface area contributed by atoms with Gasteiger partial charge in [0.15, 0.2) is 5.17 Å². The van der Waals surface area contributed by atoms with Crippen LogP contribution in [0, 0.1) is 0 Å². The summed E-state index contributed by atoms with van der Waals surface area (Å²) in [6.45, 7) is 3.44. The molecule has 2 aromatic carbocycles. The quantitative estimate of drug-likeness (QED) is 0.536. The van der Waals surface area contributed by atoms with E-state index in [4.69, 9.17) is 21.3 Å². The lowest BCUT2D eigenvalue weighted by Gasteiger charge is -2.37. The molecular weight excluding hydrogens is 496 g/mol. The fraction of sp³-hybridized carbons (Fsp3) is 0.296. The molecule has 36 heavy (non-hydrogen) atoms. The number of rotatable bonds is 6. The molecule has 3 aliphatic heterocycles. The van der Waals surface area contributed by atoms with Crippen LogP contribution in [0.25, 0.3) is 0 Å². The Morgan fingerprint density at radius 2 is 1.92 bits per heavy atom. The molecule has 2 amide bonds. The number of halogens is 1. The van der Waals surface area contributed by atoms with Gasteiger partial charge in [-0.3, -0.25) is 9.59 Å². The number of thioether (sulfide) groups is 1. The van der Waals surface area contributed by atoms with Crippen molar-refractivity contribution in [3.63, 3.8) is 0 Å². The number of hydrogen-bond donors (Lipinski definition) is 1. The first-order chi connectivity index (χ1) is 17.4. The highest BCUT2D eigenvalue weighted by atomic mass is 35.5. The van der Waals surface area contributed by atoms with Gasteiger partial charge in [0.25, 0.3) is 5.91 Å².